The lowest BCUT2D eigenvalue weighted by atomic mass is 10.1. The number of hydrogen-bond donors (Lipinski definition) is 0. The van der Waals surface area contributed by atoms with Gasteiger partial charge < -0.3 is 4.57 Å². The van der Waals surface area contributed by atoms with Crippen molar-refractivity contribution in [2.75, 3.05) is 0 Å². The molecular formula is C15H19NO. The first-order chi connectivity index (χ1) is 8.29. The molecule has 0 bridgehead atoms. The standard InChI is InChI=1S/C15H19NO/c1-3-4-5-9-15-13(11-17)12-8-6-7-10-14(12)16(15)2/h6-8,10-11H,3-5,9H2,1-2H3. The third-order valence-electron chi connectivity index (χ3n) is 3.41. The fourth-order valence-electron chi connectivity index (χ4n) is 2.45. The first-order valence-electron chi connectivity index (χ1n) is 6.31. The minimum atomic E-state index is 0.874. The van der Waals surface area contributed by atoms with Crippen molar-refractivity contribution in [2.45, 2.75) is 32.6 Å². The summed E-state index contributed by atoms with van der Waals surface area (Å²) in [6.07, 6.45) is 5.58. The van der Waals surface area contributed by atoms with Gasteiger partial charge in [0, 0.05) is 29.2 Å². The molecule has 0 aliphatic rings. The van der Waals surface area contributed by atoms with Crippen LogP contribution in [0.15, 0.2) is 24.3 Å². The van der Waals surface area contributed by atoms with E-state index in [2.05, 4.69) is 24.6 Å². The van der Waals surface area contributed by atoms with Gasteiger partial charge in [0.2, 0.25) is 0 Å². The fourth-order valence-corrected chi connectivity index (χ4v) is 2.45. The minimum absolute atomic E-state index is 0.874. The lowest BCUT2D eigenvalue weighted by molar-refractivity contribution is 0.112. The van der Waals surface area contributed by atoms with Gasteiger partial charge in [-0.1, -0.05) is 38.0 Å². The van der Waals surface area contributed by atoms with Crippen LogP contribution in [0.1, 0.15) is 42.2 Å². The molecule has 0 N–H and O–H groups in total. The molecule has 2 nitrogen and oxygen atoms in total. The van der Waals surface area contributed by atoms with Crippen LogP contribution >= 0.6 is 0 Å². The molecule has 2 heteroatoms. The second-order valence-corrected chi connectivity index (χ2v) is 4.51. The average molecular weight is 229 g/mol. The predicted octanol–water partition coefficient (Wildman–Crippen LogP) is 3.72. The molecule has 90 valence electrons. The zero-order valence-corrected chi connectivity index (χ0v) is 10.6. The lowest BCUT2D eigenvalue weighted by Gasteiger charge is -2.04. The molecule has 2 rings (SSSR count). The molecule has 0 amide bonds. The van der Waals surface area contributed by atoms with Crippen LogP contribution in [0.3, 0.4) is 0 Å². The zero-order valence-electron chi connectivity index (χ0n) is 10.6. The Morgan fingerprint density at radius 2 is 2.00 bits per heavy atom. The molecular weight excluding hydrogens is 210 g/mol. The summed E-state index contributed by atoms with van der Waals surface area (Å²) in [6.45, 7) is 2.20. The molecule has 0 aliphatic heterocycles. The van der Waals surface area contributed by atoms with E-state index in [1.165, 1.54) is 18.5 Å². The van der Waals surface area contributed by atoms with E-state index in [9.17, 15) is 4.79 Å². The molecule has 0 saturated carbocycles. The number of hydrogen-bond acceptors (Lipinski definition) is 1. The van der Waals surface area contributed by atoms with Crippen LogP contribution in [-0.4, -0.2) is 10.9 Å². The van der Waals surface area contributed by atoms with E-state index in [1.807, 2.05) is 18.2 Å². The van der Waals surface area contributed by atoms with Crippen molar-refractivity contribution in [3.8, 4) is 0 Å². The highest BCUT2D eigenvalue weighted by molar-refractivity contribution is 5.99. The Labute approximate surface area is 102 Å². The zero-order chi connectivity index (χ0) is 12.3. The van der Waals surface area contributed by atoms with Gasteiger partial charge in [0.05, 0.1) is 0 Å². The van der Waals surface area contributed by atoms with Gasteiger partial charge in [-0.3, -0.25) is 4.79 Å². The van der Waals surface area contributed by atoms with Crippen LogP contribution in [-0.2, 0) is 13.5 Å². The van der Waals surface area contributed by atoms with E-state index < -0.39 is 0 Å². The highest BCUT2D eigenvalue weighted by Crippen LogP contribution is 2.25. The highest BCUT2D eigenvalue weighted by atomic mass is 16.1. The predicted molar refractivity (Wildman–Crippen MR) is 71.5 cm³/mol. The summed E-state index contributed by atoms with van der Waals surface area (Å²) in [6, 6.07) is 8.12. The third-order valence-corrected chi connectivity index (χ3v) is 3.41. The van der Waals surface area contributed by atoms with Crippen molar-refractivity contribution in [1.29, 1.82) is 0 Å². The number of aldehydes is 1. The summed E-state index contributed by atoms with van der Waals surface area (Å²) < 4.78 is 2.16. The molecule has 1 heterocycles. The van der Waals surface area contributed by atoms with E-state index in [0.29, 0.717) is 0 Å². The highest BCUT2D eigenvalue weighted by Gasteiger charge is 2.13. The van der Waals surface area contributed by atoms with E-state index in [0.717, 1.165) is 35.6 Å². The summed E-state index contributed by atoms with van der Waals surface area (Å²) >= 11 is 0. The van der Waals surface area contributed by atoms with Crippen molar-refractivity contribution < 1.29 is 4.79 Å². The summed E-state index contributed by atoms with van der Waals surface area (Å²) in [7, 11) is 2.05. The van der Waals surface area contributed by atoms with E-state index in [-0.39, 0.29) is 0 Å². The molecule has 1 aromatic heterocycles. The largest absolute Gasteiger partial charge is 0.347 e. The van der Waals surface area contributed by atoms with Gasteiger partial charge in [-0.05, 0) is 18.9 Å². The number of nitrogens with zero attached hydrogens (tertiary/aromatic N) is 1. The van der Waals surface area contributed by atoms with Gasteiger partial charge in [0.1, 0.15) is 0 Å². The Morgan fingerprint density at radius 3 is 2.71 bits per heavy atom. The number of para-hydroxylation sites is 1. The molecule has 0 saturated heterocycles. The monoisotopic (exact) mass is 229 g/mol. The number of carbonyl (C=O) groups excluding carboxylic acids is 1. The van der Waals surface area contributed by atoms with Crippen LogP contribution in [0.5, 0.6) is 0 Å². The van der Waals surface area contributed by atoms with Gasteiger partial charge in [-0.25, -0.2) is 0 Å². The van der Waals surface area contributed by atoms with E-state index >= 15 is 0 Å². The molecule has 0 fully saturated rings. The van der Waals surface area contributed by atoms with Gasteiger partial charge in [0.15, 0.2) is 6.29 Å². The Hall–Kier alpha value is -1.57. The van der Waals surface area contributed by atoms with Crippen molar-refractivity contribution in [1.82, 2.24) is 4.57 Å². The third kappa shape index (κ3) is 2.12. The lowest BCUT2D eigenvalue weighted by Crippen LogP contribution is -1.99. The van der Waals surface area contributed by atoms with Crippen LogP contribution in [0.2, 0.25) is 0 Å². The maximum atomic E-state index is 11.3. The van der Waals surface area contributed by atoms with Gasteiger partial charge in [0.25, 0.3) is 0 Å². The Bertz CT molecular complexity index is 525. The maximum absolute atomic E-state index is 11.3. The SMILES string of the molecule is CCCCCc1c(C=O)c2ccccc2n1C. The summed E-state index contributed by atoms with van der Waals surface area (Å²) in [5.74, 6) is 0. The average Bonchev–Trinajstić information content (AvgIpc) is 2.63. The summed E-state index contributed by atoms with van der Waals surface area (Å²) in [5.41, 5.74) is 3.20. The molecule has 0 spiro atoms. The minimum Gasteiger partial charge on any atom is -0.347 e. The second-order valence-electron chi connectivity index (χ2n) is 4.51. The van der Waals surface area contributed by atoms with Crippen molar-refractivity contribution in [3.05, 3.63) is 35.5 Å². The molecule has 0 atom stereocenters. The number of fused-ring (bicyclic) bond motifs is 1. The molecule has 1 aromatic carbocycles. The number of rotatable bonds is 5. The summed E-state index contributed by atoms with van der Waals surface area (Å²) in [4.78, 5) is 11.3. The quantitative estimate of drug-likeness (QED) is 0.565. The first kappa shape index (κ1) is 11.9. The number of unbranched alkanes of at least 4 members (excludes halogenated alkanes) is 2. The van der Waals surface area contributed by atoms with Crippen molar-refractivity contribution >= 4 is 17.2 Å². The van der Waals surface area contributed by atoms with E-state index in [1.54, 1.807) is 0 Å². The normalized spacial score (nSPS) is 10.9. The molecule has 0 unspecified atom stereocenters. The fraction of sp³-hybridized carbons (Fsp3) is 0.400. The Morgan fingerprint density at radius 1 is 1.24 bits per heavy atom. The Balaban J connectivity index is 2.46. The van der Waals surface area contributed by atoms with Crippen LogP contribution in [0.4, 0.5) is 0 Å². The van der Waals surface area contributed by atoms with Crippen LogP contribution in [0, 0.1) is 0 Å². The molecule has 0 aliphatic carbocycles. The topological polar surface area (TPSA) is 22.0 Å². The maximum Gasteiger partial charge on any atom is 0.152 e. The molecule has 17 heavy (non-hydrogen) atoms. The van der Waals surface area contributed by atoms with Gasteiger partial charge in [-0.15, -0.1) is 0 Å². The number of aryl methyl sites for hydroxylation is 1. The molecule has 0 radical (unpaired) electrons. The van der Waals surface area contributed by atoms with Crippen LogP contribution < -0.4 is 0 Å². The number of benzene rings is 1. The summed E-state index contributed by atoms with van der Waals surface area (Å²) in [5, 5.41) is 1.08. The number of carbonyl (C=O) groups is 1. The first-order valence-corrected chi connectivity index (χ1v) is 6.31. The smallest absolute Gasteiger partial charge is 0.152 e. The van der Waals surface area contributed by atoms with E-state index in [4.69, 9.17) is 0 Å². The van der Waals surface area contributed by atoms with Gasteiger partial charge >= 0.3 is 0 Å². The van der Waals surface area contributed by atoms with Crippen molar-refractivity contribution in [3.63, 3.8) is 0 Å². The Kier molecular flexibility index (Phi) is 3.62. The second kappa shape index (κ2) is 5.17. The van der Waals surface area contributed by atoms with Gasteiger partial charge in [-0.2, -0.15) is 0 Å². The van der Waals surface area contributed by atoms with Crippen LogP contribution in [0.25, 0.3) is 10.9 Å². The molecule has 2 aromatic rings. The number of aromatic nitrogens is 1. The van der Waals surface area contributed by atoms with Crippen molar-refractivity contribution in [2.24, 2.45) is 7.05 Å².